The Morgan fingerprint density at radius 2 is 1.70 bits per heavy atom. The van der Waals surface area contributed by atoms with Gasteiger partial charge >= 0.3 is 0 Å². The summed E-state index contributed by atoms with van der Waals surface area (Å²) < 4.78 is 0. The van der Waals surface area contributed by atoms with Crippen molar-refractivity contribution in [3.63, 3.8) is 0 Å². The monoisotopic (exact) mass is 306 g/mol. The molecule has 1 nitrogen and oxygen atoms in total. The maximum Gasteiger partial charge on any atom is 0.194 e. The third-order valence-corrected chi connectivity index (χ3v) is 3.93. The van der Waals surface area contributed by atoms with Crippen LogP contribution >= 0.6 is 23.2 Å². The first-order valence-electron chi connectivity index (χ1n) is 6.68. The molecule has 0 aliphatic rings. The Hall–Kier alpha value is -1.31. The van der Waals surface area contributed by atoms with E-state index < -0.39 is 0 Å². The topological polar surface area (TPSA) is 17.1 Å². The molecule has 0 radical (unpaired) electrons. The minimum Gasteiger partial charge on any atom is -0.289 e. The molecule has 0 atom stereocenters. The Kier molecular flexibility index (Phi) is 4.85. The lowest BCUT2D eigenvalue weighted by atomic mass is 9.94. The normalized spacial score (nSPS) is 10.6. The summed E-state index contributed by atoms with van der Waals surface area (Å²) in [5.74, 6) is -0.0428. The van der Waals surface area contributed by atoms with Gasteiger partial charge in [-0.25, -0.2) is 0 Å². The van der Waals surface area contributed by atoms with Crippen molar-refractivity contribution >= 4 is 29.0 Å². The molecule has 0 heterocycles. The maximum atomic E-state index is 12.7. The molecule has 0 aliphatic carbocycles. The fraction of sp³-hybridized carbons (Fsp3) is 0.235. The zero-order valence-electron chi connectivity index (χ0n) is 11.5. The molecule has 0 N–H and O–H groups in total. The molecule has 2 aromatic carbocycles. The lowest BCUT2D eigenvalue weighted by molar-refractivity contribution is 0.103. The number of ketones is 1. The molecule has 20 heavy (non-hydrogen) atoms. The van der Waals surface area contributed by atoms with Crippen LogP contribution in [0.25, 0.3) is 0 Å². The van der Waals surface area contributed by atoms with E-state index in [1.54, 1.807) is 18.2 Å². The van der Waals surface area contributed by atoms with Gasteiger partial charge in [-0.05, 0) is 48.2 Å². The lowest BCUT2D eigenvalue weighted by Gasteiger charge is -2.10. The van der Waals surface area contributed by atoms with Crippen molar-refractivity contribution in [2.75, 3.05) is 0 Å². The van der Waals surface area contributed by atoms with Crippen LogP contribution in [-0.2, 0) is 12.8 Å². The summed E-state index contributed by atoms with van der Waals surface area (Å²) in [6, 6.07) is 11.0. The Bertz CT molecular complexity index is 647. The maximum absolute atomic E-state index is 12.7. The number of carbonyl (C=O) groups excluding carboxylic acids is 1. The van der Waals surface area contributed by atoms with Gasteiger partial charge in [0.15, 0.2) is 5.78 Å². The average Bonchev–Trinajstić information content (AvgIpc) is 2.46. The first kappa shape index (κ1) is 15.1. The van der Waals surface area contributed by atoms with Crippen LogP contribution in [0.2, 0.25) is 10.0 Å². The van der Waals surface area contributed by atoms with Crippen molar-refractivity contribution in [1.82, 2.24) is 0 Å². The fourth-order valence-electron chi connectivity index (χ4n) is 2.18. The second-order valence-electron chi connectivity index (χ2n) is 4.65. The van der Waals surface area contributed by atoms with E-state index in [1.807, 2.05) is 19.1 Å². The van der Waals surface area contributed by atoms with E-state index in [0.717, 1.165) is 29.5 Å². The SMILES string of the molecule is CCc1ccc(CC)c(C(=O)c2ccc(Cl)cc2Cl)c1. The fourth-order valence-corrected chi connectivity index (χ4v) is 2.68. The average molecular weight is 307 g/mol. The van der Waals surface area contributed by atoms with Crippen LogP contribution in [-0.4, -0.2) is 5.78 Å². The molecule has 2 aromatic rings. The smallest absolute Gasteiger partial charge is 0.194 e. The van der Waals surface area contributed by atoms with Crippen LogP contribution < -0.4 is 0 Å². The highest BCUT2D eigenvalue weighted by atomic mass is 35.5. The van der Waals surface area contributed by atoms with E-state index in [2.05, 4.69) is 13.0 Å². The molecule has 0 fully saturated rings. The molecule has 0 aliphatic heterocycles. The second-order valence-corrected chi connectivity index (χ2v) is 5.50. The minimum absolute atomic E-state index is 0.0428. The Morgan fingerprint density at radius 3 is 2.30 bits per heavy atom. The van der Waals surface area contributed by atoms with Gasteiger partial charge in [0.2, 0.25) is 0 Å². The van der Waals surface area contributed by atoms with Crippen LogP contribution in [0.5, 0.6) is 0 Å². The van der Waals surface area contributed by atoms with Crippen molar-refractivity contribution in [1.29, 1.82) is 0 Å². The molecule has 0 saturated carbocycles. The largest absolute Gasteiger partial charge is 0.289 e. The molecular formula is C17H16Cl2O. The first-order chi connectivity index (χ1) is 9.56. The summed E-state index contributed by atoms with van der Waals surface area (Å²) in [5.41, 5.74) is 3.42. The molecule has 104 valence electrons. The predicted molar refractivity (Wildman–Crippen MR) is 85.1 cm³/mol. The number of hydrogen-bond donors (Lipinski definition) is 0. The molecule has 2 rings (SSSR count). The quantitative estimate of drug-likeness (QED) is 0.696. The number of halogens is 2. The summed E-state index contributed by atoms with van der Waals surface area (Å²) in [7, 11) is 0. The van der Waals surface area contributed by atoms with Crippen molar-refractivity contribution in [2.45, 2.75) is 26.7 Å². The number of hydrogen-bond acceptors (Lipinski definition) is 1. The van der Waals surface area contributed by atoms with E-state index in [1.165, 1.54) is 0 Å². The van der Waals surface area contributed by atoms with E-state index in [4.69, 9.17) is 23.2 Å². The third-order valence-electron chi connectivity index (χ3n) is 3.38. The zero-order valence-corrected chi connectivity index (χ0v) is 13.1. The van der Waals surface area contributed by atoms with Crippen molar-refractivity contribution in [3.05, 3.63) is 68.7 Å². The van der Waals surface area contributed by atoms with Crippen LogP contribution in [0.3, 0.4) is 0 Å². The Balaban J connectivity index is 2.51. The van der Waals surface area contributed by atoms with Crippen molar-refractivity contribution in [2.24, 2.45) is 0 Å². The number of carbonyl (C=O) groups is 1. The number of aryl methyl sites for hydroxylation is 2. The van der Waals surface area contributed by atoms with Gasteiger partial charge in [0.1, 0.15) is 0 Å². The molecule has 0 saturated heterocycles. The number of benzene rings is 2. The van der Waals surface area contributed by atoms with E-state index >= 15 is 0 Å². The van der Waals surface area contributed by atoms with Crippen LogP contribution in [0.4, 0.5) is 0 Å². The molecule has 0 amide bonds. The highest BCUT2D eigenvalue weighted by molar-refractivity contribution is 6.37. The molecule has 3 heteroatoms. The van der Waals surface area contributed by atoms with E-state index in [-0.39, 0.29) is 5.78 Å². The highest BCUT2D eigenvalue weighted by Crippen LogP contribution is 2.25. The van der Waals surface area contributed by atoms with Crippen LogP contribution in [0.1, 0.15) is 40.9 Å². The van der Waals surface area contributed by atoms with E-state index in [9.17, 15) is 4.79 Å². The highest BCUT2D eigenvalue weighted by Gasteiger charge is 2.16. The first-order valence-corrected chi connectivity index (χ1v) is 7.44. The summed E-state index contributed by atoms with van der Waals surface area (Å²) in [6.07, 6.45) is 1.72. The second kappa shape index (κ2) is 6.43. The van der Waals surface area contributed by atoms with Gasteiger partial charge in [-0.3, -0.25) is 4.79 Å². The van der Waals surface area contributed by atoms with Gasteiger partial charge in [0, 0.05) is 16.1 Å². The summed E-state index contributed by atoms with van der Waals surface area (Å²) in [4.78, 5) is 12.7. The lowest BCUT2D eigenvalue weighted by Crippen LogP contribution is -2.07. The Morgan fingerprint density at radius 1 is 0.950 bits per heavy atom. The van der Waals surface area contributed by atoms with Crippen LogP contribution in [0.15, 0.2) is 36.4 Å². The predicted octanol–water partition coefficient (Wildman–Crippen LogP) is 5.35. The zero-order chi connectivity index (χ0) is 14.7. The van der Waals surface area contributed by atoms with Gasteiger partial charge < -0.3 is 0 Å². The molecule has 0 spiro atoms. The molecule has 0 unspecified atom stereocenters. The van der Waals surface area contributed by atoms with Gasteiger partial charge in [0.05, 0.1) is 5.02 Å². The third kappa shape index (κ3) is 3.05. The molecule has 0 aromatic heterocycles. The van der Waals surface area contributed by atoms with Gasteiger partial charge in [-0.1, -0.05) is 49.2 Å². The van der Waals surface area contributed by atoms with Gasteiger partial charge in [0.25, 0.3) is 0 Å². The summed E-state index contributed by atoms with van der Waals surface area (Å²) in [5, 5.41) is 0.927. The van der Waals surface area contributed by atoms with E-state index in [0.29, 0.717) is 15.6 Å². The summed E-state index contributed by atoms with van der Waals surface area (Å²) in [6.45, 7) is 4.12. The summed E-state index contributed by atoms with van der Waals surface area (Å²) >= 11 is 12.0. The van der Waals surface area contributed by atoms with Crippen molar-refractivity contribution < 1.29 is 4.79 Å². The van der Waals surface area contributed by atoms with Crippen LogP contribution in [0, 0.1) is 0 Å². The molecule has 0 bridgehead atoms. The van der Waals surface area contributed by atoms with Crippen molar-refractivity contribution in [3.8, 4) is 0 Å². The Labute approximate surface area is 129 Å². The number of rotatable bonds is 4. The van der Waals surface area contributed by atoms with Gasteiger partial charge in [-0.2, -0.15) is 0 Å². The van der Waals surface area contributed by atoms with Gasteiger partial charge in [-0.15, -0.1) is 0 Å². The molecular weight excluding hydrogens is 291 g/mol. The standard InChI is InChI=1S/C17H16Cl2O/c1-3-11-5-6-12(4-2)15(9-11)17(20)14-8-7-13(18)10-16(14)19/h5-10H,3-4H2,1-2H3. The minimum atomic E-state index is -0.0428.